The lowest BCUT2D eigenvalue weighted by Crippen LogP contribution is -2.37. The molecule has 0 saturated heterocycles. The first kappa shape index (κ1) is 8.22. The summed E-state index contributed by atoms with van der Waals surface area (Å²) in [5.74, 6) is 0.395. The maximum atomic E-state index is 11.6. The highest BCUT2D eigenvalue weighted by Gasteiger charge is 2.25. The van der Waals surface area contributed by atoms with Crippen LogP contribution in [0.4, 0.5) is 5.82 Å². The number of aromatic nitrogens is 3. The number of aromatic amines is 1. The van der Waals surface area contributed by atoms with E-state index in [1.807, 2.05) is 0 Å². The average molecular weight is 204 g/mol. The third kappa shape index (κ3) is 0.903. The summed E-state index contributed by atoms with van der Waals surface area (Å²) < 4.78 is 1.42. The van der Waals surface area contributed by atoms with E-state index in [2.05, 4.69) is 9.97 Å². The zero-order valence-electron chi connectivity index (χ0n) is 8.02. The second-order valence-corrected chi connectivity index (χ2v) is 3.50. The highest BCUT2D eigenvalue weighted by Crippen LogP contribution is 2.24. The second-order valence-electron chi connectivity index (χ2n) is 3.50. The van der Waals surface area contributed by atoms with Crippen molar-refractivity contribution < 1.29 is 4.79 Å². The van der Waals surface area contributed by atoms with Crippen molar-refractivity contribution >= 4 is 22.8 Å². The second kappa shape index (κ2) is 2.47. The Kier molecular flexibility index (Phi) is 1.35. The molecule has 0 radical (unpaired) electrons. The number of rotatable bonds is 0. The van der Waals surface area contributed by atoms with Gasteiger partial charge in [-0.05, 0) is 6.07 Å². The van der Waals surface area contributed by atoms with Gasteiger partial charge in [0, 0.05) is 13.2 Å². The van der Waals surface area contributed by atoms with Crippen molar-refractivity contribution in [3.63, 3.8) is 0 Å². The van der Waals surface area contributed by atoms with Crippen LogP contribution in [0, 0.1) is 0 Å². The third-order valence-electron chi connectivity index (χ3n) is 2.65. The molecular weight excluding hydrogens is 196 g/mol. The van der Waals surface area contributed by atoms with Gasteiger partial charge in [-0.15, -0.1) is 0 Å². The predicted octanol–water partition coefficient (Wildman–Crippen LogP) is -0.299. The largest absolute Gasteiger partial charge is 0.327 e. The van der Waals surface area contributed by atoms with Crippen LogP contribution in [-0.4, -0.2) is 27.5 Å². The Morgan fingerprint density at radius 2 is 2.27 bits per heavy atom. The Morgan fingerprint density at radius 1 is 1.47 bits per heavy atom. The Hall–Kier alpha value is -2.11. The van der Waals surface area contributed by atoms with Crippen LogP contribution in [0.25, 0.3) is 11.0 Å². The molecule has 0 aliphatic carbocycles. The molecular formula is C9H8N4O2. The van der Waals surface area contributed by atoms with E-state index in [0.29, 0.717) is 16.9 Å². The van der Waals surface area contributed by atoms with Gasteiger partial charge in [-0.3, -0.25) is 14.3 Å². The van der Waals surface area contributed by atoms with Gasteiger partial charge in [0.1, 0.15) is 12.1 Å². The number of carbonyl (C=O) groups excluding carboxylic acids is 1. The number of amides is 1. The van der Waals surface area contributed by atoms with E-state index in [4.69, 9.17) is 0 Å². The number of likely N-dealkylation sites (N-methyl/N-ethyl adjacent to an activating group) is 1. The Morgan fingerprint density at radius 3 is 3.07 bits per heavy atom. The Labute approximate surface area is 84.1 Å². The molecule has 76 valence electrons. The molecule has 0 saturated carbocycles. The summed E-state index contributed by atoms with van der Waals surface area (Å²) in [6.45, 7) is 0.0774. The molecule has 1 aliphatic rings. The summed E-state index contributed by atoms with van der Waals surface area (Å²) in [4.78, 5) is 31.3. The Bertz CT molecular complexity index is 625. The maximum absolute atomic E-state index is 11.6. The van der Waals surface area contributed by atoms with E-state index in [9.17, 15) is 9.59 Å². The van der Waals surface area contributed by atoms with Gasteiger partial charge >= 0.3 is 5.69 Å². The SMILES string of the molecule is CN1C(=O)Cn2c(=O)[nH]c3ccnc1c32. The molecule has 0 aromatic carbocycles. The zero-order chi connectivity index (χ0) is 10.6. The highest BCUT2D eigenvalue weighted by atomic mass is 16.2. The number of imidazole rings is 1. The number of hydrogen-bond acceptors (Lipinski definition) is 3. The summed E-state index contributed by atoms with van der Waals surface area (Å²) in [6.07, 6.45) is 1.58. The number of nitrogens with zero attached hydrogens (tertiary/aromatic N) is 3. The molecule has 0 unspecified atom stereocenters. The number of carbonyl (C=O) groups is 1. The molecule has 0 spiro atoms. The van der Waals surface area contributed by atoms with Gasteiger partial charge in [-0.1, -0.05) is 0 Å². The molecule has 1 amide bonds. The molecule has 2 aromatic heterocycles. The molecule has 3 heterocycles. The van der Waals surface area contributed by atoms with Gasteiger partial charge in [-0.2, -0.15) is 0 Å². The van der Waals surface area contributed by atoms with Crippen LogP contribution >= 0.6 is 0 Å². The van der Waals surface area contributed by atoms with E-state index >= 15 is 0 Å². The van der Waals surface area contributed by atoms with Crippen molar-refractivity contribution in [1.82, 2.24) is 14.5 Å². The lowest BCUT2D eigenvalue weighted by molar-refractivity contribution is -0.119. The third-order valence-corrected chi connectivity index (χ3v) is 2.65. The van der Waals surface area contributed by atoms with Crippen LogP contribution < -0.4 is 10.6 Å². The number of H-pyrrole nitrogens is 1. The number of pyridine rings is 1. The molecule has 0 bridgehead atoms. The predicted molar refractivity (Wildman–Crippen MR) is 53.8 cm³/mol. The van der Waals surface area contributed by atoms with Gasteiger partial charge in [0.05, 0.1) is 5.52 Å². The van der Waals surface area contributed by atoms with Crippen LogP contribution in [0.5, 0.6) is 0 Å². The first-order chi connectivity index (χ1) is 7.18. The number of hydrogen-bond donors (Lipinski definition) is 1. The van der Waals surface area contributed by atoms with Crippen molar-refractivity contribution in [2.75, 3.05) is 11.9 Å². The molecule has 15 heavy (non-hydrogen) atoms. The van der Waals surface area contributed by atoms with Crippen LogP contribution in [0.15, 0.2) is 17.1 Å². The summed E-state index contributed by atoms with van der Waals surface area (Å²) in [5.41, 5.74) is 1.15. The van der Waals surface area contributed by atoms with E-state index < -0.39 is 0 Å². The molecule has 6 nitrogen and oxygen atoms in total. The summed E-state index contributed by atoms with van der Waals surface area (Å²) in [5, 5.41) is 0. The fraction of sp³-hybridized carbons (Fsp3) is 0.222. The average Bonchev–Trinajstić information content (AvgIpc) is 2.53. The summed E-state index contributed by atoms with van der Waals surface area (Å²) >= 11 is 0. The van der Waals surface area contributed by atoms with E-state index in [1.165, 1.54) is 9.47 Å². The minimum atomic E-state index is -0.263. The first-order valence-corrected chi connectivity index (χ1v) is 4.52. The van der Waals surface area contributed by atoms with Crippen LogP contribution in [0.3, 0.4) is 0 Å². The normalized spacial score (nSPS) is 15.0. The number of nitrogens with one attached hydrogen (secondary N) is 1. The fourth-order valence-corrected chi connectivity index (χ4v) is 1.85. The number of anilines is 1. The van der Waals surface area contributed by atoms with Crippen molar-refractivity contribution in [1.29, 1.82) is 0 Å². The molecule has 0 atom stereocenters. The summed E-state index contributed by atoms with van der Waals surface area (Å²) in [6, 6.07) is 1.72. The van der Waals surface area contributed by atoms with Gasteiger partial charge in [0.25, 0.3) is 0 Å². The topological polar surface area (TPSA) is 71.0 Å². The molecule has 6 heteroatoms. The summed E-state index contributed by atoms with van der Waals surface area (Å²) in [7, 11) is 1.66. The molecule has 3 rings (SSSR count). The fourth-order valence-electron chi connectivity index (χ4n) is 1.85. The van der Waals surface area contributed by atoms with Gasteiger partial charge in [0.2, 0.25) is 5.91 Å². The smallest absolute Gasteiger partial charge is 0.305 e. The Balaban J connectivity index is 2.52. The zero-order valence-corrected chi connectivity index (χ0v) is 8.02. The lowest BCUT2D eigenvalue weighted by atomic mass is 10.3. The molecule has 1 aliphatic heterocycles. The molecule has 0 fully saturated rings. The van der Waals surface area contributed by atoms with Crippen molar-refractivity contribution in [2.24, 2.45) is 0 Å². The van der Waals surface area contributed by atoms with Crippen LogP contribution in [0.1, 0.15) is 0 Å². The first-order valence-electron chi connectivity index (χ1n) is 4.52. The van der Waals surface area contributed by atoms with Crippen LogP contribution in [-0.2, 0) is 11.3 Å². The minimum absolute atomic E-state index is 0.0774. The van der Waals surface area contributed by atoms with Crippen molar-refractivity contribution in [2.45, 2.75) is 6.54 Å². The molecule has 1 N–H and O–H groups in total. The van der Waals surface area contributed by atoms with Crippen molar-refractivity contribution in [3.05, 3.63) is 22.7 Å². The van der Waals surface area contributed by atoms with Crippen molar-refractivity contribution in [3.8, 4) is 0 Å². The maximum Gasteiger partial charge on any atom is 0.327 e. The molecule has 2 aromatic rings. The standard InChI is InChI=1S/C9H8N4O2/c1-12-6(14)4-13-7-5(11-9(13)15)2-3-10-8(7)12/h2-3H,4H2,1H3,(H,11,15). The highest BCUT2D eigenvalue weighted by molar-refractivity contribution is 6.02. The minimum Gasteiger partial charge on any atom is -0.305 e. The van der Waals surface area contributed by atoms with E-state index in [0.717, 1.165) is 0 Å². The van der Waals surface area contributed by atoms with Crippen LogP contribution in [0.2, 0.25) is 0 Å². The van der Waals surface area contributed by atoms with E-state index in [-0.39, 0.29) is 18.1 Å². The monoisotopic (exact) mass is 204 g/mol. The van der Waals surface area contributed by atoms with E-state index in [1.54, 1.807) is 19.3 Å². The van der Waals surface area contributed by atoms with Gasteiger partial charge in [-0.25, -0.2) is 9.78 Å². The quantitative estimate of drug-likeness (QED) is 0.640. The van der Waals surface area contributed by atoms with Gasteiger partial charge in [0.15, 0.2) is 5.82 Å². The lowest BCUT2D eigenvalue weighted by Gasteiger charge is -2.22. The van der Waals surface area contributed by atoms with Gasteiger partial charge < -0.3 is 4.98 Å².